The first-order valence-electron chi connectivity index (χ1n) is 11.0. The molecule has 0 spiro atoms. The fraction of sp³-hybridized carbons (Fsp3) is 0.0741. The lowest BCUT2D eigenvalue weighted by atomic mass is 9.96. The molecule has 1 aromatic heterocycles. The molecule has 2 aliphatic rings. The maximum Gasteiger partial charge on any atom is 0.272 e. The standard InChI is InChI=1S/C27H18N4O3S/c1-16(32)30-20-15-9-8-14-19(20)21(25(30)33)24-26(34)31-23(18-12-6-3-7-13-18)22(28-29-27(31)35-24)17-10-4-2-5-11-17/h2-15,23H,1H3. The summed E-state index contributed by atoms with van der Waals surface area (Å²) < 4.78 is 1.85. The van der Waals surface area contributed by atoms with Crippen molar-refractivity contribution in [3.8, 4) is 0 Å². The van der Waals surface area contributed by atoms with Gasteiger partial charge in [0.15, 0.2) is 0 Å². The maximum atomic E-state index is 14.0. The van der Waals surface area contributed by atoms with Gasteiger partial charge in [0, 0.05) is 18.1 Å². The maximum absolute atomic E-state index is 14.0. The van der Waals surface area contributed by atoms with Crippen LogP contribution in [0, 0.1) is 0 Å². The third-order valence-electron chi connectivity index (χ3n) is 6.13. The number of hydrogen-bond donors (Lipinski definition) is 0. The molecule has 3 heterocycles. The number of rotatable bonds is 2. The highest BCUT2D eigenvalue weighted by Crippen LogP contribution is 2.35. The van der Waals surface area contributed by atoms with E-state index in [1.807, 2.05) is 60.7 Å². The summed E-state index contributed by atoms with van der Waals surface area (Å²) in [6.45, 7) is 1.34. The van der Waals surface area contributed by atoms with Crippen LogP contribution in [0.2, 0.25) is 0 Å². The molecule has 8 heteroatoms. The van der Waals surface area contributed by atoms with E-state index in [-0.39, 0.29) is 15.7 Å². The third kappa shape index (κ3) is 3.22. The lowest BCUT2D eigenvalue weighted by molar-refractivity contribution is -0.122. The van der Waals surface area contributed by atoms with Crippen LogP contribution in [0.25, 0.3) is 5.57 Å². The number of carbonyl (C=O) groups is 2. The van der Waals surface area contributed by atoms with Gasteiger partial charge in [0.25, 0.3) is 11.5 Å². The monoisotopic (exact) mass is 478 g/mol. The second kappa shape index (κ2) is 8.11. The third-order valence-corrected chi connectivity index (χ3v) is 7.17. The quantitative estimate of drug-likeness (QED) is 0.444. The van der Waals surface area contributed by atoms with Crippen LogP contribution in [0.1, 0.15) is 29.7 Å². The summed E-state index contributed by atoms with van der Waals surface area (Å²) in [6, 6.07) is 25.8. The van der Waals surface area contributed by atoms with Gasteiger partial charge in [-0.15, -0.1) is 10.2 Å². The van der Waals surface area contributed by atoms with Crippen molar-refractivity contribution in [1.29, 1.82) is 0 Å². The van der Waals surface area contributed by atoms with E-state index in [9.17, 15) is 14.4 Å². The SMILES string of the molecule is CC(=O)N1C(=O)C(=c2sc3n(c2=O)C(c2ccccc2)C(c2ccccc2)=NN=3)c2ccccc21. The Hall–Kier alpha value is -4.43. The van der Waals surface area contributed by atoms with Gasteiger partial charge in [-0.25, -0.2) is 4.90 Å². The van der Waals surface area contributed by atoms with Gasteiger partial charge in [-0.1, -0.05) is 90.2 Å². The van der Waals surface area contributed by atoms with Gasteiger partial charge in [0.1, 0.15) is 10.6 Å². The highest BCUT2D eigenvalue weighted by Gasteiger charge is 2.37. The Kier molecular flexibility index (Phi) is 4.89. The Labute approximate surface area is 203 Å². The minimum Gasteiger partial charge on any atom is -0.274 e. The molecule has 1 atom stereocenters. The molecule has 0 radical (unpaired) electrons. The van der Waals surface area contributed by atoms with E-state index in [1.165, 1.54) is 6.92 Å². The van der Waals surface area contributed by atoms with Crippen molar-refractivity contribution >= 4 is 40.1 Å². The fourth-order valence-electron chi connectivity index (χ4n) is 4.62. The molecule has 7 nitrogen and oxygen atoms in total. The van der Waals surface area contributed by atoms with E-state index in [4.69, 9.17) is 0 Å². The molecule has 0 saturated heterocycles. The highest BCUT2D eigenvalue weighted by molar-refractivity contribution is 7.07. The number of para-hydroxylation sites is 1. The van der Waals surface area contributed by atoms with E-state index < -0.39 is 17.9 Å². The van der Waals surface area contributed by atoms with Gasteiger partial charge in [-0.3, -0.25) is 19.0 Å². The van der Waals surface area contributed by atoms with Crippen molar-refractivity contribution in [2.75, 3.05) is 4.90 Å². The summed E-state index contributed by atoms with van der Waals surface area (Å²) in [5, 5.41) is 8.90. The van der Waals surface area contributed by atoms with E-state index >= 15 is 0 Å². The van der Waals surface area contributed by atoms with Gasteiger partial charge >= 0.3 is 0 Å². The average molecular weight is 479 g/mol. The Morgan fingerprint density at radius 1 is 0.857 bits per heavy atom. The fourth-order valence-corrected chi connectivity index (χ4v) is 5.66. The normalized spacial score (nSPS) is 18.0. The number of carbonyl (C=O) groups excluding carboxylic acids is 2. The Balaban J connectivity index is 1.65. The summed E-state index contributed by atoms with van der Waals surface area (Å²) in [7, 11) is 0. The average Bonchev–Trinajstić information content (AvgIpc) is 3.37. The lowest BCUT2D eigenvalue weighted by Gasteiger charge is -2.22. The zero-order valence-electron chi connectivity index (χ0n) is 18.6. The number of nitrogens with zero attached hydrogens (tertiary/aromatic N) is 4. The zero-order chi connectivity index (χ0) is 24.1. The van der Waals surface area contributed by atoms with Crippen molar-refractivity contribution in [1.82, 2.24) is 4.57 Å². The first kappa shape index (κ1) is 21.1. The second-order valence-corrected chi connectivity index (χ2v) is 9.18. The number of thiazole rings is 1. The van der Waals surface area contributed by atoms with Gasteiger partial charge in [-0.05, 0) is 11.6 Å². The van der Waals surface area contributed by atoms with Crippen molar-refractivity contribution in [2.45, 2.75) is 13.0 Å². The van der Waals surface area contributed by atoms with Crippen molar-refractivity contribution in [2.24, 2.45) is 10.2 Å². The molecule has 0 aliphatic carbocycles. The molecule has 0 fully saturated rings. The molecule has 35 heavy (non-hydrogen) atoms. The number of benzene rings is 3. The van der Waals surface area contributed by atoms with Crippen molar-refractivity contribution in [3.05, 3.63) is 121 Å². The predicted octanol–water partition coefficient (Wildman–Crippen LogP) is 2.63. The van der Waals surface area contributed by atoms with Gasteiger partial charge in [-0.2, -0.15) is 0 Å². The summed E-state index contributed by atoms with van der Waals surface area (Å²) in [5.74, 6) is -0.907. The molecule has 1 unspecified atom stereocenters. The van der Waals surface area contributed by atoms with E-state index in [0.717, 1.165) is 27.4 Å². The molecular formula is C27H18N4O3S. The number of imide groups is 1. The van der Waals surface area contributed by atoms with E-state index in [1.54, 1.807) is 28.8 Å². The summed E-state index contributed by atoms with van der Waals surface area (Å²) >= 11 is 1.12. The topological polar surface area (TPSA) is 84.1 Å². The lowest BCUT2D eigenvalue weighted by Crippen LogP contribution is -2.41. The molecule has 0 saturated carbocycles. The first-order valence-corrected chi connectivity index (χ1v) is 11.8. The van der Waals surface area contributed by atoms with Crippen LogP contribution in [0.3, 0.4) is 0 Å². The number of amides is 2. The Morgan fingerprint density at radius 2 is 1.51 bits per heavy atom. The number of hydrogen-bond acceptors (Lipinski definition) is 6. The van der Waals surface area contributed by atoms with Gasteiger partial charge < -0.3 is 0 Å². The minimum atomic E-state index is -0.514. The van der Waals surface area contributed by atoms with Crippen LogP contribution in [0.15, 0.2) is 99.9 Å². The van der Waals surface area contributed by atoms with E-state index in [0.29, 0.717) is 21.8 Å². The zero-order valence-corrected chi connectivity index (χ0v) is 19.4. The van der Waals surface area contributed by atoms with Crippen LogP contribution in [-0.2, 0) is 9.59 Å². The summed E-state index contributed by atoms with van der Waals surface area (Å²) in [6.07, 6.45) is 0. The second-order valence-electron chi connectivity index (χ2n) is 8.21. The van der Waals surface area contributed by atoms with E-state index in [2.05, 4.69) is 10.2 Å². The summed E-state index contributed by atoms with van der Waals surface area (Å²) in [4.78, 5) is 41.2. The first-order chi connectivity index (χ1) is 17.1. The van der Waals surface area contributed by atoms with Crippen LogP contribution < -0.4 is 19.8 Å². The van der Waals surface area contributed by atoms with Gasteiger partial charge in [0.05, 0.1) is 17.0 Å². The highest BCUT2D eigenvalue weighted by atomic mass is 32.1. The number of anilines is 1. The Bertz CT molecular complexity index is 1720. The van der Waals surface area contributed by atoms with Crippen molar-refractivity contribution < 1.29 is 9.59 Å². The Morgan fingerprint density at radius 3 is 2.23 bits per heavy atom. The molecule has 3 aromatic carbocycles. The molecule has 2 aliphatic heterocycles. The molecule has 0 N–H and O–H groups in total. The van der Waals surface area contributed by atoms with Crippen molar-refractivity contribution in [3.63, 3.8) is 0 Å². The van der Waals surface area contributed by atoms with Crippen LogP contribution in [-0.4, -0.2) is 22.1 Å². The molecule has 0 bridgehead atoms. The summed E-state index contributed by atoms with van der Waals surface area (Å²) in [5.41, 5.74) is 3.30. The number of fused-ring (bicyclic) bond motifs is 2. The smallest absolute Gasteiger partial charge is 0.272 e. The predicted molar refractivity (Wildman–Crippen MR) is 134 cm³/mol. The molecule has 2 amide bonds. The van der Waals surface area contributed by atoms with Crippen LogP contribution in [0.4, 0.5) is 5.69 Å². The number of aromatic nitrogens is 1. The van der Waals surface area contributed by atoms with Crippen LogP contribution >= 0.6 is 11.3 Å². The molecule has 170 valence electrons. The molecule has 6 rings (SSSR count). The van der Waals surface area contributed by atoms with Crippen LogP contribution in [0.5, 0.6) is 0 Å². The van der Waals surface area contributed by atoms with Gasteiger partial charge in [0.2, 0.25) is 10.7 Å². The largest absolute Gasteiger partial charge is 0.274 e. The minimum absolute atomic E-state index is 0.218. The molecule has 4 aromatic rings. The molecular weight excluding hydrogens is 460 g/mol.